The van der Waals surface area contributed by atoms with E-state index in [2.05, 4.69) is 15.5 Å². The lowest BCUT2D eigenvalue weighted by Gasteiger charge is -2.14. The van der Waals surface area contributed by atoms with E-state index in [-0.39, 0.29) is 18.8 Å². The zero-order chi connectivity index (χ0) is 15.9. The van der Waals surface area contributed by atoms with Crippen molar-refractivity contribution in [2.75, 3.05) is 6.61 Å². The predicted octanol–water partition coefficient (Wildman–Crippen LogP) is 2.53. The Balaban J connectivity index is 2.06. The van der Waals surface area contributed by atoms with Crippen molar-refractivity contribution >= 4 is 5.71 Å². The first-order chi connectivity index (χ1) is 10.6. The second-order valence-corrected chi connectivity index (χ2v) is 5.44. The molecule has 0 saturated heterocycles. The van der Waals surface area contributed by atoms with Gasteiger partial charge in [-0.05, 0) is 32.8 Å². The molecular formula is C16H22N4O2. The number of nitrogens with zero attached hydrogens (tertiary/aromatic N) is 4. The highest BCUT2D eigenvalue weighted by molar-refractivity contribution is 5.78. The van der Waals surface area contributed by atoms with Gasteiger partial charge in [-0.2, -0.15) is 0 Å². The molecule has 0 spiro atoms. The molecule has 0 bridgehead atoms. The summed E-state index contributed by atoms with van der Waals surface area (Å²) in [6.45, 7) is 5.60. The summed E-state index contributed by atoms with van der Waals surface area (Å²) in [6.07, 6.45) is 2.22. The molecule has 2 aromatic rings. The zero-order valence-electron chi connectivity index (χ0n) is 13.2. The Bertz CT molecular complexity index is 606. The van der Waals surface area contributed by atoms with Gasteiger partial charge >= 0.3 is 0 Å². The smallest absolute Gasteiger partial charge is 0.169 e. The summed E-state index contributed by atoms with van der Waals surface area (Å²) in [5, 5.41) is 21.8. The summed E-state index contributed by atoms with van der Waals surface area (Å²) >= 11 is 0. The molecule has 0 saturated carbocycles. The van der Waals surface area contributed by atoms with Crippen molar-refractivity contribution in [2.24, 2.45) is 5.16 Å². The van der Waals surface area contributed by atoms with Crippen LogP contribution in [0.5, 0.6) is 0 Å². The molecule has 0 aliphatic carbocycles. The lowest BCUT2D eigenvalue weighted by molar-refractivity contribution is 0.0689. The van der Waals surface area contributed by atoms with Crippen molar-refractivity contribution in [3.8, 4) is 0 Å². The first-order valence-electron chi connectivity index (χ1n) is 7.33. The van der Waals surface area contributed by atoms with Crippen molar-refractivity contribution in [1.29, 1.82) is 0 Å². The van der Waals surface area contributed by atoms with Crippen molar-refractivity contribution in [3.63, 3.8) is 0 Å². The van der Waals surface area contributed by atoms with Crippen LogP contribution >= 0.6 is 0 Å². The second kappa shape index (κ2) is 7.70. The molecule has 0 unspecified atom stereocenters. The summed E-state index contributed by atoms with van der Waals surface area (Å²) in [6, 6.07) is 9.86. The molecule has 2 rings (SSSR count). The van der Waals surface area contributed by atoms with Crippen LogP contribution in [0.1, 0.15) is 44.2 Å². The molecule has 1 N–H and O–H groups in total. The van der Waals surface area contributed by atoms with Crippen LogP contribution in [0.4, 0.5) is 0 Å². The summed E-state index contributed by atoms with van der Waals surface area (Å²) < 4.78 is 1.69. The maximum atomic E-state index is 9.62. The van der Waals surface area contributed by atoms with Crippen LogP contribution in [0.15, 0.2) is 41.7 Å². The maximum absolute atomic E-state index is 9.62. The predicted molar refractivity (Wildman–Crippen MR) is 84.6 cm³/mol. The van der Waals surface area contributed by atoms with Gasteiger partial charge in [0.2, 0.25) is 0 Å². The van der Waals surface area contributed by atoms with Gasteiger partial charge < -0.3 is 9.94 Å². The van der Waals surface area contributed by atoms with Crippen LogP contribution in [0.2, 0.25) is 0 Å². The minimum atomic E-state index is -0.278. The van der Waals surface area contributed by atoms with Gasteiger partial charge in [0.1, 0.15) is 5.69 Å². The van der Waals surface area contributed by atoms with E-state index in [1.807, 2.05) is 51.1 Å². The molecule has 1 aromatic carbocycles. The molecule has 6 heteroatoms. The van der Waals surface area contributed by atoms with E-state index in [4.69, 9.17) is 4.84 Å². The number of rotatable bonds is 7. The average molecular weight is 302 g/mol. The van der Waals surface area contributed by atoms with E-state index < -0.39 is 0 Å². The normalized spacial score (nSPS) is 13.5. The first kappa shape index (κ1) is 16.2. The lowest BCUT2D eigenvalue weighted by Crippen LogP contribution is -2.16. The van der Waals surface area contributed by atoms with Crippen LogP contribution in [0, 0.1) is 0 Å². The summed E-state index contributed by atoms with van der Waals surface area (Å²) in [5.41, 5.74) is 2.68. The first-order valence-corrected chi connectivity index (χ1v) is 7.33. The number of aliphatic hydroxyl groups is 1. The maximum Gasteiger partial charge on any atom is 0.169 e. The molecule has 1 heterocycles. The Morgan fingerprint density at radius 1 is 1.32 bits per heavy atom. The fraction of sp³-hybridized carbons (Fsp3) is 0.438. The number of aromatic nitrogens is 3. The number of oxime groups is 1. The van der Waals surface area contributed by atoms with Crippen molar-refractivity contribution < 1.29 is 9.94 Å². The molecule has 2 atom stereocenters. The molecule has 0 aliphatic heterocycles. The van der Waals surface area contributed by atoms with Crippen LogP contribution in [-0.4, -0.2) is 32.4 Å². The van der Waals surface area contributed by atoms with Gasteiger partial charge in [0.05, 0.1) is 24.6 Å². The summed E-state index contributed by atoms with van der Waals surface area (Å²) in [5.74, 6) is 0. The third kappa shape index (κ3) is 4.39. The van der Waals surface area contributed by atoms with Gasteiger partial charge in [-0.1, -0.05) is 40.7 Å². The van der Waals surface area contributed by atoms with Crippen LogP contribution in [0.3, 0.4) is 0 Å². The van der Waals surface area contributed by atoms with Gasteiger partial charge in [-0.15, -0.1) is 5.10 Å². The minimum absolute atomic E-state index is 0.000840. The zero-order valence-corrected chi connectivity index (χ0v) is 13.2. The van der Waals surface area contributed by atoms with Crippen LogP contribution < -0.4 is 0 Å². The Kier molecular flexibility index (Phi) is 5.66. The van der Waals surface area contributed by atoms with Crippen LogP contribution in [-0.2, 0) is 11.3 Å². The Hall–Kier alpha value is -2.21. The van der Waals surface area contributed by atoms with E-state index in [1.165, 1.54) is 0 Å². The highest BCUT2D eigenvalue weighted by Gasteiger charge is 2.17. The van der Waals surface area contributed by atoms with E-state index in [1.54, 1.807) is 10.9 Å². The number of benzene rings is 1. The van der Waals surface area contributed by atoms with E-state index in [9.17, 15) is 5.11 Å². The molecule has 0 amide bonds. The molecular weight excluding hydrogens is 280 g/mol. The third-order valence-corrected chi connectivity index (χ3v) is 3.24. The Morgan fingerprint density at radius 2 is 2.05 bits per heavy atom. The van der Waals surface area contributed by atoms with Crippen molar-refractivity contribution in [3.05, 3.63) is 47.8 Å². The minimum Gasteiger partial charge on any atom is -0.394 e. The van der Waals surface area contributed by atoms with Gasteiger partial charge in [-0.3, -0.25) is 0 Å². The number of aliphatic hydroxyl groups excluding tert-OH is 1. The number of hydrogen-bond acceptors (Lipinski definition) is 5. The highest BCUT2D eigenvalue weighted by Crippen LogP contribution is 2.18. The third-order valence-electron chi connectivity index (χ3n) is 3.24. The van der Waals surface area contributed by atoms with Crippen LogP contribution in [0.25, 0.3) is 0 Å². The Labute approximate surface area is 130 Å². The molecule has 0 fully saturated rings. The fourth-order valence-corrected chi connectivity index (χ4v) is 2.02. The molecule has 6 nitrogen and oxygen atoms in total. The average Bonchev–Trinajstić information content (AvgIpc) is 3.01. The van der Waals surface area contributed by atoms with E-state index in [0.717, 1.165) is 11.3 Å². The molecule has 118 valence electrons. The quantitative estimate of drug-likeness (QED) is 0.630. The summed E-state index contributed by atoms with van der Waals surface area (Å²) in [7, 11) is 0. The van der Waals surface area contributed by atoms with Crippen molar-refractivity contribution in [1.82, 2.24) is 15.0 Å². The van der Waals surface area contributed by atoms with Gasteiger partial charge in [-0.25, -0.2) is 4.68 Å². The molecule has 1 aromatic heterocycles. The monoisotopic (exact) mass is 302 g/mol. The lowest BCUT2D eigenvalue weighted by atomic mass is 10.1. The van der Waals surface area contributed by atoms with Gasteiger partial charge in [0, 0.05) is 0 Å². The molecule has 0 radical (unpaired) electrons. The van der Waals surface area contributed by atoms with Crippen molar-refractivity contribution in [2.45, 2.75) is 39.3 Å². The highest BCUT2D eigenvalue weighted by atomic mass is 16.6. The second-order valence-electron chi connectivity index (χ2n) is 5.44. The van der Waals surface area contributed by atoms with E-state index >= 15 is 0 Å². The van der Waals surface area contributed by atoms with Gasteiger partial charge in [0.25, 0.3) is 0 Å². The van der Waals surface area contributed by atoms with E-state index in [0.29, 0.717) is 12.1 Å². The Morgan fingerprint density at radius 3 is 2.68 bits per heavy atom. The SMILES string of the molecule is CC(C)=NO[C@@H](C)c1cn([C@H](CO)Cc2ccccc2)nn1. The van der Waals surface area contributed by atoms with Gasteiger partial charge in [0.15, 0.2) is 6.10 Å². The standard InChI is InChI=1S/C16H22N4O2/c1-12(2)18-22-13(3)16-10-20(19-17-16)15(11-21)9-14-7-5-4-6-8-14/h4-8,10,13,15,21H,9,11H2,1-3H3/t13-,15-/m0/s1. The topological polar surface area (TPSA) is 72.5 Å². The number of hydrogen-bond donors (Lipinski definition) is 1. The fourth-order valence-electron chi connectivity index (χ4n) is 2.02. The largest absolute Gasteiger partial charge is 0.394 e. The summed E-state index contributed by atoms with van der Waals surface area (Å²) in [4.78, 5) is 5.34. The molecule has 0 aliphatic rings. The molecule has 22 heavy (non-hydrogen) atoms.